The molecule has 1 fully saturated rings. The highest BCUT2D eigenvalue weighted by molar-refractivity contribution is 7.89. The fourth-order valence-electron chi connectivity index (χ4n) is 3.83. The first-order valence-electron chi connectivity index (χ1n) is 11.1. The Bertz CT molecular complexity index is 1260. The number of amides is 1. The maximum atomic E-state index is 14.6. The molecule has 1 amide bonds. The van der Waals surface area contributed by atoms with E-state index < -0.39 is 26.6 Å². The number of carbonyl (C=O) groups is 1. The van der Waals surface area contributed by atoms with Gasteiger partial charge in [0.05, 0.1) is 0 Å². The number of sulfonamides is 1. The summed E-state index contributed by atoms with van der Waals surface area (Å²) in [4.78, 5) is 18.5. The predicted molar refractivity (Wildman–Crippen MR) is 130 cm³/mol. The molecular weight excluding hydrogens is 455 g/mol. The van der Waals surface area contributed by atoms with Crippen molar-refractivity contribution in [2.75, 3.05) is 36.4 Å². The lowest BCUT2D eigenvalue weighted by molar-refractivity contribution is 0.102. The summed E-state index contributed by atoms with van der Waals surface area (Å²) in [6.07, 6.45) is 1.68. The lowest BCUT2D eigenvalue weighted by Gasteiger charge is -2.34. The predicted octanol–water partition coefficient (Wildman–Crippen LogP) is 4.11. The zero-order valence-corrected chi connectivity index (χ0v) is 19.9. The largest absolute Gasteiger partial charge is 0.354 e. The van der Waals surface area contributed by atoms with E-state index in [9.17, 15) is 17.6 Å². The van der Waals surface area contributed by atoms with Crippen LogP contribution in [0.5, 0.6) is 0 Å². The van der Waals surface area contributed by atoms with E-state index in [4.69, 9.17) is 0 Å². The van der Waals surface area contributed by atoms with Crippen molar-refractivity contribution in [2.45, 2.75) is 24.7 Å². The minimum absolute atomic E-state index is 0.0695. The fourth-order valence-corrected chi connectivity index (χ4v) is 5.35. The van der Waals surface area contributed by atoms with Crippen LogP contribution in [0.3, 0.4) is 0 Å². The van der Waals surface area contributed by atoms with Gasteiger partial charge in [-0.05, 0) is 53.9 Å². The third kappa shape index (κ3) is 5.10. The molecule has 1 aliphatic rings. The van der Waals surface area contributed by atoms with Gasteiger partial charge in [-0.2, -0.15) is 4.31 Å². The van der Waals surface area contributed by atoms with Gasteiger partial charge in [0, 0.05) is 43.6 Å². The number of anilines is 2. The number of halogens is 1. The molecule has 0 radical (unpaired) electrons. The Morgan fingerprint density at radius 3 is 2.32 bits per heavy atom. The van der Waals surface area contributed by atoms with E-state index in [0.717, 1.165) is 23.5 Å². The van der Waals surface area contributed by atoms with Crippen molar-refractivity contribution in [3.05, 3.63) is 83.8 Å². The Hall–Kier alpha value is -3.30. The maximum Gasteiger partial charge on any atom is 0.255 e. The molecule has 9 heteroatoms. The van der Waals surface area contributed by atoms with Crippen molar-refractivity contribution in [2.24, 2.45) is 0 Å². The molecule has 0 atom stereocenters. The Morgan fingerprint density at radius 2 is 1.71 bits per heavy atom. The van der Waals surface area contributed by atoms with Gasteiger partial charge in [-0.15, -0.1) is 0 Å². The summed E-state index contributed by atoms with van der Waals surface area (Å²) >= 11 is 0. The molecular formula is C25H27FN4O3S. The Labute approximate surface area is 199 Å². The molecule has 2 heterocycles. The van der Waals surface area contributed by atoms with Crippen molar-refractivity contribution in [3.8, 4) is 0 Å². The molecule has 34 heavy (non-hydrogen) atoms. The molecule has 3 aromatic rings. The van der Waals surface area contributed by atoms with Crippen LogP contribution in [0.1, 0.15) is 35.7 Å². The zero-order valence-electron chi connectivity index (χ0n) is 19.1. The molecule has 4 rings (SSSR count). The summed E-state index contributed by atoms with van der Waals surface area (Å²) in [5.74, 6) is -0.259. The first-order chi connectivity index (χ1) is 16.3. The van der Waals surface area contributed by atoms with Crippen LogP contribution < -0.4 is 10.2 Å². The zero-order chi connectivity index (χ0) is 24.3. The van der Waals surface area contributed by atoms with Crippen LogP contribution in [0.2, 0.25) is 0 Å². The molecule has 0 aliphatic carbocycles. The van der Waals surface area contributed by atoms with Gasteiger partial charge in [0.2, 0.25) is 10.0 Å². The molecule has 0 spiro atoms. The maximum absolute atomic E-state index is 14.6. The van der Waals surface area contributed by atoms with E-state index in [2.05, 4.69) is 24.1 Å². The van der Waals surface area contributed by atoms with Gasteiger partial charge in [-0.3, -0.25) is 4.79 Å². The summed E-state index contributed by atoms with van der Waals surface area (Å²) < 4.78 is 42.3. The molecule has 7 nitrogen and oxygen atoms in total. The highest BCUT2D eigenvalue weighted by Crippen LogP contribution is 2.24. The van der Waals surface area contributed by atoms with Crippen LogP contribution in [0.4, 0.5) is 15.9 Å². The van der Waals surface area contributed by atoms with Crippen LogP contribution in [-0.4, -0.2) is 49.8 Å². The van der Waals surface area contributed by atoms with Crippen LogP contribution >= 0.6 is 0 Å². The van der Waals surface area contributed by atoms with Crippen LogP contribution in [0, 0.1) is 5.82 Å². The summed E-state index contributed by atoms with van der Waals surface area (Å²) in [6.45, 7) is 5.40. The molecule has 0 bridgehead atoms. The Balaban J connectivity index is 1.49. The molecule has 0 saturated carbocycles. The quantitative estimate of drug-likeness (QED) is 0.572. The van der Waals surface area contributed by atoms with Crippen molar-refractivity contribution in [1.29, 1.82) is 0 Å². The second-order valence-electron chi connectivity index (χ2n) is 8.46. The topological polar surface area (TPSA) is 82.6 Å². The SMILES string of the molecule is CC(C)c1ccc(NC(=O)c2ccc(F)c(S(=O)(=O)N3CCN(c4ccccn4)CC3)c2)cc1. The lowest BCUT2D eigenvalue weighted by Crippen LogP contribution is -2.49. The number of carbonyl (C=O) groups excluding carboxylic acids is 1. The number of nitrogens with zero attached hydrogens (tertiary/aromatic N) is 3. The summed E-state index contributed by atoms with van der Waals surface area (Å²) in [6, 6.07) is 16.4. The van der Waals surface area contributed by atoms with E-state index >= 15 is 0 Å². The van der Waals surface area contributed by atoms with Gasteiger partial charge in [-0.25, -0.2) is 17.8 Å². The first kappa shape index (κ1) is 23.8. The number of piperazine rings is 1. The third-order valence-electron chi connectivity index (χ3n) is 5.86. The number of nitrogens with one attached hydrogen (secondary N) is 1. The molecule has 178 valence electrons. The standard InChI is InChI=1S/C25H27FN4O3S/c1-18(2)19-6-9-21(10-7-19)28-25(31)20-8-11-22(26)23(17-20)34(32,33)30-15-13-29(14-16-30)24-5-3-4-12-27-24/h3-12,17-18H,13-16H2,1-2H3,(H,28,31). The van der Waals surface area contributed by atoms with Crippen molar-refractivity contribution in [3.63, 3.8) is 0 Å². The van der Waals surface area contributed by atoms with Crippen molar-refractivity contribution >= 4 is 27.4 Å². The molecule has 2 aromatic carbocycles. The van der Waals surface area contributed by atoms with Gasteiger partial charge in [0.1, 0.15) is 16.5 Å². The fraction of sp³-hybridized carbons (Fsp3) is 0.280. The van der Waals surface area contributed by atoms with E-state index in [0.29, 0.717) is 24.7 Å². The smallest absolute Gasteiger partial charge is 0.255 e. The number of rotatable bonds is 6. The number of aromatic nitrogens is 1. The van der Waals surface area contributed by atoms with Crippen molar-refractivity contribution < 1.29 is 17.6 Å². The van der Waals surface area contributed by atoms with Gasteiger partial charge in [0.25, 0.3) is 5.91 Å². The number of hydrogen-bond acceptors (Lipinski definition) is 5. The average Bonchev–Trinajstić information content (AvgIpc) is 2.85. The van der Waals surface area contributed by atoms with Gasteiger partial charge in [0.15, 0.2) is 0 Å². The van der Waals surface area contributed by atoms with Gasteiger partial charge < -0.3 is 10.2 Å². The van der Waals surface area contributed by atoms with Crippen LogP contribution in [-0.2, 0) is 10.0 Å². The first-order valence-corrected chi connectivity index (χ1v) is 12.6. The van der Waals surface area contributed by atoms with E-state index in [-0.39, 0.29) is 18.7 Å². The Kier molecular flexibility index (Phi) is 6.95. The monoisotopic (exact) mass is 482 g/mol. The molecule has 0 unspecified atom stereocenters. The number of benzene rings is 2. The summed E-state index contributed by atoms with van der Waals surface area (Å²) in [7, 11) is -4.11. The second-order valence-corrected chi connectivity index (χ2v) is 10.4. The molecule has 1 saturated heterocycles. The second kappa shape index (κ2) is 9.90. The summed E-state index contributed by atoms with van der Waals surface area (Å²) in [5.41, 5.74) is 1.78. The molecule has 1 N–H and O–H groups in total. The average molecular weight is 483 g/mol. The highest BCUT2D eigenvalue weighted by Gasteiger charge is 2.31. The number of hydrogen-bond donors (Lipinski definition) is 1. The summed E-state index contributed by atoms with van der Waals surface area (Å²) in [5, 5.41) is 2.74. The van der Waals surface area contributed by atoms with Crippen LogP contribution in [0.25, 0.3) is 0 Å². The normalized spacial score (nSPS) is 14.9. The van der Waals surface area contributed by atoms with Crippen LogP contribution in [0.15, 0.2) is 71.8 Å². The van der Waals surface area contributed by atoms with E-state index in [1.165, 1.54) is 10.4 Å². The van der Waals surface area contributed by atoms with Gasteiger partial charge >= 0.3 is 0 Å². The Morgan fingerprint density at radius 1 is 1.00 bits per heavy atom. The van der Waals surface area contributed by atoms with E-state index in [1.807, 2.05) is 35.2 Å². The van der Waals surface area contributed by atoms with Crippen molar-refractivity contribution in [1.82, 2.24) is 9.29 Å². The third-order valence-corrected chi connectivity index (χ3v) is 7.77. The lowest BCUT2D eigenvalue weighted by atomic mass is 10.0. The molecule has 1 aromatic heterocycles. The van der Waals surface area contributed by atoms with Gasteiger partial charge in [-0.1, -0.05) is 32.0 Å². The minimum atomic E-state index is -4.11. The minimum Gasteiger partial charge on any atom is -0.354 e. The number of pyridine rings is 1. The van der Waals surface area contributed by atoms with E-state index in [1.54, 1.807) is 18.3 Å². The molecule has 1 aliphatic heterocycles. The highest BCUT2D eigenvalue weighted by atomic mass is 32.2.